The minimum atomic E-state index is -0.989. The normalized spacial score (nSPS) is 9.79. The smallest absolute Gasteiger partial charge is 0.328 e. The SMILES string of the molecule is CC#CCCOc1cc(/C=C/C(=O)O)ccc1OC. The lowest BCUT2D eigenvalue weighted by molar-refractivity contribution is -0.131. The lowest BCUT2D eigenvalue weighted by atomic mass is 10.2. The van der Waals surface area contributed by atoms with Crippen molar-refractivity contribution in [2.45, 2.75) is 13.3 Å². The van der Waals surface area contributed by atoms with Crippen LogP contribution in [0.5, 0.6) is 11.5 Å². The standard InChI is InChI=1S/C15H16O4/c1-3-4-5-10-19-14-11-12(7-9-15(16)17)6-8-13(14)18-2/h6-9,11H,5,10H2,1-2H3,(H,16,17)/b9-7+. The van der Waals surface area contributed by atoms with Crippen molar-refractivity contribution in [3.05, 3.63) is 29.8 Å². The highest BCUT2D eigenvalue weighted by Gasteiger charge is 2.04. The third-order valence-electron chi connectivity index (χ3n) is 2.27. The Labute approximate surface area is 112 Å². The maximum atomic E-state index is 10.5. The van der Waals surface area contributed by atoms with Gasteiger partial charge in [0.25, 0.3) is 0 Å². The fraction of sp³-hybridized carbons (Fsp3) is 0.267. The molecule has 4 nitrogen and oxygen atoms in total. The Morgan fingerprint density at radius 3 is 2.84 bits per heavy atom. The molecule has 0 bridgehead atoms. The first-order valence-corrected chi connectivity index (χ1v) is 5.79. The van der Waals surface area contributed by atoms with Crippen LogP contribution in [0.1, 0.15) is 18.9 Å². The zero-order chi connectivity index (χ0) is 14.1. The molecule has 1 N–H and O–H groups in total. The van der Waals surface area contributed by atoms with E-state index in [-0.39, 0.29) is 0 Å². The number of rotatable bonds is 6. The van der Waals surface area contributed by atoms with Gasteiger partial charge in [0.05, 0.1) is 13.7 Å². The topological polar surface area (TPSA) is 55.8 Å². The maximum absolute atomic E-state index is 10.5. The zero-order valence-corrected chi connectivity index (χ0v) is 11.0. The van der Waals surface area contributed by atoms with Gasteiger partial charge in [-0.25, -0.2) is 4.79 Å². The van der Waals surface area contributed by atoms with Gasteiger partial charge < -0.3 is 14.6 Å². The lowest BCUT2D eigenvalue weighted by Crippen LogP contribution is -1.98. The van der Waals surface area contributed by atoms with Crippen LogP contribution in [0, 0.1) is 11.8 Å². The highest BCUT2D eigenvalue weighted by molar-refractivity contribution is 5.85. The van der Waals surface area contributed by atoms with Crippen molar-refractivity contribution in [1.82, 2.24) is 0 Å². The fourth-order valence-corrected chi connectivity index (χ4v) is 1.41. The quantitative estimate of drug-likeness (QED) is 0.485. The number of carbonyl (C=O) groups is 1. The van der Waals surface area contributed by atoms with Crippen molar-refractivity contribution < 1.29 is 19.4 Å². The van der Waals surface area contributed by atoms with Gasteiger partial charge in [0.2, 0.25) is 0 Å². The summed E-state index contributed by atoms with van der Waals surface area (Å²) in [5.41, 5.74) is 0.736. The summed E-state index contributed by atoms with van der Waals surface area (Å²) in [7, 11) is 1.56. The van der Waals surface area contributed by atoms with E-state index in [0.717, 1.165) is 11.6 Å². The Kier molecular flexibility index (Phi) is 6.04. The van der Waals surface area contributed by atoms with E-state index in [1.165, 1.54) is 6.08 Å². The molecule has 1 aromatic carbocycles. The van der Waals surface area contributed by atoms with Gasteiger partial charge in [-0.05, 0) is 30.7 Å². The first kappa shape index (κ1) is 14.7. The first-order valence-electron chi connectivity index (χ1n) is 5.79. The molecule has 100 valence electrons. The number of carboxylic acids is 1. The number of ether oxygens (including phenoxy) is 2. The molecule has 0 unspecified atom stereocenters. The van der Waals surface area contributed by atoms with E-state index in [9.17, 15) is 4.79 Å². The Morgan fingerprint density at radius 2 is 2.21 bits per heavy atom. The Hall–Kier alpha value is -2.41. The molecule has 0 atom stereocenters. The van der Waals surface area contributed by atoms with Gasteiger partial charge in [-0.3, -0.25) is 0 Å². The van der Waals surface area contributed by atoms with Gasteiger partial charge in [0.1, 0.15) is 0 Å². The van der Waals surface area contributed by atoms with Gasteiger partial charge in [0, 0.05) is 12.5 Å². The largest absolute Gasteiger partial charge is 0.493 e. The first-order chi connectivity index (χ1) is 9.17. The van der Waals surface area contributed by atoms with Crippen LogP contribution in [0.4, 0.5) is 0 Å². The summed E-state index contributed by atoms with van der Waals surface area (Å²) in [4.78, 5) is 10.5. The van der Waals surface area contributed by atoms with E-state index in [1.54, 1.807) is 32.2 Å². The second kappa shape index (κ2) is 7.83. The molecule has 0 spiro atoms. The van der Waals surface area contributed by atoms with Crippen LogP contribution in [0.25, 0.3) is 6.08 Å². The van der Waals surface area contributed by atoms with Crippen molar-refractivity contribution in [2.24, 2.45) is 0 Å². The van der Waals surface area contributed by atoms with Crippen LogP contribution in [0.2, 0.25) is 0 Å². The van der Waals surface area contributed by atoms with Crippen molar-refractivity contribution in [2.75, 3.05) is 13.7 Å². The molecule has 4 heteroatoms. The van der Waals surface area contributed by atoms with Gasteiger partial charge in [-0.15, -0.1) is 11.8 Å². The predicted molar refractivity (Wildman–Crippen MR) is 73.2 cm³/mol. The van der Waals surface area contributed by atoms with Gasteiger partial charge in [-0.1, -0.05) is 6.07 Å². The van der Waals surface area contributed by atoms with Crippen LogP contribution < -0.4 is 9.47 Å². The Morgan fingerprint density at radius 1 is 1.42 bits per heavy atom. The third-order valence-corrected chi connectivity index (χ3v) is 2.27. The van der Waals surface area contributed by atoms with Gasteiger partial charge >= 0.3 is 5.97 Å². The minimum absolute atomic E-state index is 0.462. The highest BCUT2D eigenvalue weighted by atomic mass is 16.5. The average Bonchev–Trinajstić information content (AvgIpc) is 2.41. The van der Waals surface area contributed by atoms with E-state index in [1.807, 2.05) is 0 Å². The second-order valence-electron chi connectivity index (χ2n) is 3.61. The molecule has 0 radical (unpaired) electrons. The van der Waals surface area contributed by atoms with E-state index in [4.69, 9.17) is 14.6 Å². The number of carboxylic acid groups (broad SMARTS) is 1. The van der Waals surface area contributed by atoms with E-state index in [0.29, 0.717) is 24.5 Å². The average molecular weight is 260 g/mol. The number of hydrogen-bond acceptors (Lipinski definition) is 3. The molecule has 1 rings (SSSR count). The molecule has 0 amide bonds. The highest BCUT2D eigenvalue weighted by Crippen LogP contribution is 2.28. The van der Waals surface area contributed by atoms with Gasteiger partial charge in [0.15, 0.2) is 11.5 Å². The van der Waals surface area contributed by atoms with Crippen LogP contribution in [0.15, 0.2) is 24.3 Å². The van der Waals surface area contributed by atoms with E-state index < -0.39 is 5.97 Å². The number of methoxy groups -OCH3 is 1. The summed E-state index contributed by atoms with van der Waals surface area (Å²) in [6.45, 7) is 2.24. The zero-order valence-electron chi connectivity index (χ0n) is 11.0. The Balaban J connectivity index is 2.82. The van der Waals surface area contributed by atoms with Crippen LogP contribution in [-0.2, 0) is 4.79 Å². The summed E-state index contributed by atoms with van der Waals surface area (Å²) in [5, 5.41) is 8.59. The molecular weight excluding hydrogens is 244 g/mol. The van der Waals surface area contributed by atoms with Crippen LogP contribution in [-0.4, -0.2) is 24.8 Å². The lowest BCUT2D eigenvalue weighted by Gasteiger charge is -2.10. The molecule has 0 aliphatic heterocycles. The molecule has 0 fully saturated rings. The number of aliphatic carboxylic acids is 1. The van der Waals surface area contributed by atoms with E-state index >= 15 is 0 Å². The molecule has 1 aromatic rings. The molecule has 0 aliphatic carbocycles. The summed E-state index contributed by atoms with van der Waals surface area (Å²) >= 11 is 0. The maximum Gasteiger partial charge on any atom is 0.328 e. The summed E-state index contributed by atoms with van der Waals surface area (Å²) in [6.07, 6.45) is 3.21. The minimum Gasteiger partial charge on any atom is -0.493 e. The molecule has 0 heterocycles. The summed E-state index contributed by atoms with van der Waals surface area (Å²) in [6, 6.07) is 5.23. The third kappa shape index (κ3) is 5.17. The van der Waals surface area contributed by atoms with E-state index in [2.05, 4.69) is 11.8 Å². The van der Waals surface area contributed by atoms with Crippen LogP contribution >= 0.6 is 0 Å². The fourth-order valence-electron chi connectivity index (χ4n) is 1.41. The number of hydrogen-bond donors (Lipinski definition) is 1. The second-order valence-corrected chi connectivity index (χ2v) is 3.61. The monoisotopic (exact) mass is 260 g/mol. The van der Waals surface area contributed by atoms with Crippen molar-refractivity contribution in [3.8, 4) is 23.3 Å². The molecule has 0 saturated carbocycles. The Bertz CT molecular complexity index is 521. The van der Waals surface area contributed by atoms with Crippen molar-refractivity contribution in [1.29, 1.82) is 0 Å². The van der Waals surface area contributed by atoms with Crippen LogP contribution in [0.3, 0.4) is 0 Å². The van der Waals surface area contributed by atoms with Crippen molar-refractivity contribution in [3.63, 3.8) is 0 Å². The number of benzene rings is 1. The molecule has 0 aromatic heterocycles. The predicted octanol–water partition coefficient (Wildman–Crippen LogP) is 2.59. The van der Waals surface area contributed by atoms with Crippen molar-refractivity contribution >= 4 is 12.0 Å². The summed E-state index contributed by atoms with van der Waals surface area (Å²) in [5.74, 6) is 5.89. The molecule has 0 saturated heterocycles. The molecule has 19 heavy (non-hydrogen) atoms. The molecular formula is C15H16O4. The van der Waals surface area contributed by atoms with Gasteiger partial charge in [-0.2, -0.15) is 0 Å². The summed E-state index contributed by atoms with van der Waals surface area (Å²) < 4.78 is 10.8. The molecule has 0 aliphatic rings.